The molecule has 1 aromatic heterocycles. The zero-order valence-corrected chi connectivity index (χ0v) is 16.4. The largest absolute Gasteiger partial charge is 0.509 e. The molecule has 3 aromatic carbocycles. The van der Waals surface area contributed by atoms with Crippen LogP contribution in [-0.4, -0.2) is 27.0 Å². The van der Waals surface area contributed by atoms with Gasteiger partial charge in [-0.1, -0.05) is 30.3 Å². The molecule has 4 aromatic rings. The van der Waals surface area contributed by atoms with Gasteiger partial charge >= 0.3 is 0 Å². The van der Waals surface area contributed by atoms with Crippen LogP contribution in [0.1, 0.15) is 5.82 Å². The number of aliphatic hydroxyl groups excluding tert-OH is 1. The average Bonchev–Trinajstić information content (AvgIpc) is 3.25. The van der Waals surface area contributed by atoms with Gasteiger partial charge < -0.3 is 19.3 Å². The van der Waals surface area contributed by atoms with Gasteiger partial charge in [0, 0.05) is 12.7 Å². The van der Waals surface area contributed by atoms with Gasteiger partial charge in [-0.15, -0.1) is 0 Å². The van der Waals surface area contributed by atoms with Gasteiger partial charge in [-0.2, -0.15) is 0 Å². The van der Waals surface area contributed by atoms with E-state index in [1.54, 1.807) is 4.90 Å². The molecule has 6 heteroatoms. The molecule has 0 bridgehead atoms. The molecule has 30 heavy (non-hydrogen) atoms. The molecule has 0 saturated carbocycles. The number of fused-ring (bicyclic) bond motifs is 1. The number of hydrogen-bond acceptors (Lipinski definition) is 4. The number of ether oxygens (including phenoxy) is 1. The van der Waals surface area contributed by atoms with E-state index in [1.807, 2.05) is 90.5 Å². The lowest BCUT2D eigenvalue weighted by Gasteiger charge is -2.19. The summed E-state index contributed by atoms with van der Waals surface area (Å²) >= 11 is 0. The Morgan fingerprint density at radius 1 is 0.900 bits per heavy atom. The molecule has 1 aliphatic heterocycles. The Morgan fingerprint density at radius 2 is 1.57 bits per heavy atom. The minimum Gasteiger partial charge on any atom is -0.509 e. The topological polar surface area (TPSA) is 74.4 Å². The predicted octanol–water partition coefficient (Wildman–Crippen LogP) is 5.13. The molecule has 1 aliphatic rings. The van der Waals surface area contributed by atoms with Crippen molar-refractivity contribution in [3.63, 3.8) is 0 Å². The fourth-order valence-electron chi connectivity index (χ4n) is 3.72. The zero-order valence-electron chi connectivity index (χ0n) is 16.4. The maximum absolute atomic E-state index is 10.7. The predicted molar refractivity (Wildman–Crippen MR) is 118 cm³/mol. The lowest BCUT2D eigenvalue weighted by Crippen LogP contribution is -2.26. The molecule has 0 radical (unpaired) electrons. The van der Waals surface area contributed by atoms with Crippen molar-refractivity contribution < 1.29 is 9.84 Å². The normalized spacial score (nSPS) is 14.0. The van der Waals surface area contributed by atoms with Gasteiger partial charge in [0.2, 0.25) is 0 Å². The minimum absolute atomic E-state index is 0.142. The third-order valence-electron chi connectivity index (χ3n) is 5.24. The number of nitrogens with zero attached hydrogens (tertiary/aromatic N) is 3. The van der Waals surface area contributed by atoms with Crippen LogP contribution < -0.4 is 9.64 Å². The Balaban J connectivity index is 1.41. The maximum atomic E-state index is 10.7. The molecule has 0 atom stereocenters. The molecule has 0 aliphatic carbocycles. The molecule has 2 heterocycles. The van der Waals surface area contributed by atoms with E-state index in [-0.39, 0.29) is 18.1 Å². The minimum atomic E-state index is 0.142. The number of anilines is 1. The van der Waals surface area contributed by atoms with E-state index >= 15 is 0 Å². The van der Waals surface area contributed by atoms with Crippen molar-refractivity contribution in [3.05, 3.63) is 90.4 Å². The van der Waals surface area contributed by atoms with Crippen LogP contribution in [0, 0.1) is 5.41 Å². The second-order valence-electron chi connectivity index (χ2n) is 7.15. The van der Waals surface area contributed by atoms with Crippen molar-refractivity contribution in [1.82, 2.24) is 9.55 Å². The van der Waals surface area contributed by atoms with Crippen molar-refractivity contribution in [3.8, 4) is 11.5 Å². The van der Waals surface area contributed by atoms with Crippen molar-refractivity contribution in [2.45, 2.75) is 0 Å². The van der Waals surface area contributed by atoms with Crippen LogP contribution in [-0.2, 0) is 7.05 Å². The van der Waals surface area contributed by atoms with Crippen molar-refractivity contribution >= 4 is 28.1 Å². The molecule has 0 fully saturated rings. The SMILES string of the molecule is Cn1c(C2=C(O)CN(c3ccc(Oc4ccccc4)cc3)C2=N)nc2ccccc21. The van der Waals surface area contributed by atoms with E-state index in [0.717, 1.165) is 22.5 Å². The van der Waals surface area contributed by atoms with Crippen molar-refractivity contribution in [2.75, 3.05) is 11.4 Å². The highest BCUT2D eigenvalue weighted by atomic mass is 16.5. The monoisotopic (exact) mass is 396 g/mol. The van der Waals surface area contributed by atoms with Gasteiger partial charge in [0.25, 0.3) is 0 Å². The molecule has 2 N–H and O–H groups in total. The molecule has 148 valence electrons. The van der Waals surface area contributed by atoms with Gasteiger partial charge in [0.15, 0.2) is 0 Å². The third-order valence-corrected chi connectivity index (χ3v) is 5.24. The Morgan fingerprint density at radius 3 is 2.30 bits per heavy atom. The van der Waals surface area contributed by atoms with Gasteiger partial charge in [0.05, 0.1) is 23.2 Å². The van der Waals surface area contributed by atoms with E-state index in [1.165, 1.54) is 0 Å². The number of rotatable bonds is 4. The molecule has 0 saturated heterocycles. The van der Waals surface area contributed by atoms with Gasteiger partial charge in [-0.25, -0.2) is 4.98 Å². The Kier molecular flexibility index (Phi) is 4.25. The standard InChI is InChI=1S/C24H20N4O2/c1-27-20-10-6-5-9-19(20)26-24(27)22-21(29)15-28(23(22)25)16-11-13-18(14-12-16)30-17-7-3-2-4-8-17/h2-14,25,29H,15H2,1H3. The van der Waals surface area contributed by atoms with E-state index in [9.17, 15) is 5.11 Å². The lowest BCUT2D eigenvalue weighted by molar-refractivity contribution is 0.411. The summed E-state index contributed by atoms with van der Waals surface area (Å²) in [6, 6.07) is 24.9. The van der Waals surface area contributed by atoms with E-state index < -0.39 is 0 Å². The highest BCUT2D eigenvalue weighted by Crippen LogP contribution is 2.33. The zero-order chi connectivity index (χ0) is 20.7. The van der Waals surface area contributed by atoms with E-state index in [2.05, 4.69) is 4.98 Å². The number of nitrogens with one attached hydrogen (secondary N) is 1. The van der Waals surface area contributed by atoms with Crippen molar-refractivity contribution in [1.29, 1.82) is 5.41 Å². The molecule has 0 unspecified atom stereocenters. The quantitative estimate of drug-likeness (QED) is 0.501. The summed E-state index contributed by atoms with van der Waals surface area (Å²) in [5.74, 6) is 2.43. The number of aryl methyl sites for hydroxylation is 1. The lowest BCUT2D eigenvalue weighted by atomic mass is 10.2. The Bertz CT molecular complexity index is 1270. The fourth-order valence-corrected chi connectivity index (χ4v) is 3.72. The summed E-state index contributed by atoms with van der Waals surface area (Å²) in [6.07, 6.45) is 0. The number of aliphatic hydroxyl groups is 1. The van der Waals surface area contributed by atoms with Crippen LogP contribution in [0.3, 0.4) is 0 Å². The Hall–Kier alpha value is -4.06. The van der Waals surface area contributed by atoms with Crippen LogP contribution in [0.15, 0.2) is 84.6 Å². The molecule has 6 nitrogen and oxygen atoms in total. The summed E-state index contributed by atoms with van der Waals surface area (Å²) in [5.41, 5.74) is 3.06. The third kappa shape index (κ3) is 2.99. The summed E-state index contributed by atoms with van der Waals surface area (Å²) in [5, 5.41) is 19.4. The molecular weight excluding hydrogens is 376 g/mol. The number of benzene rings is 3. The smallest absolute Gasteiger partial charge is 0.148 e. The molecule has 5 rings (SSSR count). The highest BCUT2D eigenvalue weighted by Gasteiger charge is 2.32. The first-order chi connectivity index (χ1) is 14.6. The van der Waals surface area contributed by atoms with Crippen LogP contribution in [0.4, 0.5) is 5.69 Å². The van der Waals surface area contributed by atoms with Crippen LogP contribution in [0.2, 0.25) is 0 Å². The first kappa shape index (κ1) is 18.0. The number of para-hydroxylation sites is 3. The summed E-state index contributed by atoms with van der Waals surface area (Å²) in [7, 11) is 1.90. The van der Waals surface area contributed by atoms with Crippen LogP contribution >= 0.6 is 0 Å². The summed E-state index contributed by atoms with van der Waals surface area (Å²) in [6.45, 7) is 0.232. The molecular formula is C24H20N4O2. The molecule has 0 spiro atoms. The first-order valence-corrected chi connectivity index (χ1v) is 9.65. The van der Waals surface area contributed by atoms with Crippen molar-refractivity contribution in [2.24, 2.45) is 7.05 Å². The summed E-state index contributed by atoms with van der Waals surface area (Å²) < 4.78 is 7.75. The summed E-state index contributed by atoms with van der Waals surface area (Å²) in [4.78, 5) is 6.40. The number of imidazole rings is 1. The molecule has 0 amide bonds. The maximum Gasteiger partial charge on any atom is 0.148 e. The van der Waals surface area contributed by atoms with Gasteiger partial charge in [-0.05, 0) is 48.5 Å². The number of aromatic nitrogens is 2. The first-order valence-electron chi connectivity index (χ1n) is 9.65. The number of amidine groups is 1. The van der Waals surface area contributed by atoms with E-state index in [0.29, 0.717) is 17.1 Å². The second-order valence-corrected chi connectivity index (χ2v) is 7.15. The highest BCUT2D eigenvalue weighted by molar-refractivity contribution is 6.30. The number of hydrogen-bond donors (Lipinski definition) is 2. The van der Waals surface area contributed by atoms with Crippen LogP contribution in [0.5, 0.6) is 11.5 Å². The average molecular weight is 396 g/mol. The fraction of sp³-hybridized carbons (Fsp3) is 0.0833. The Labute approximate surface area is 173 Å². The van der Waals surface area contributed by atoms with Crippen LogP contribution in [0.25, 0.3) is 16.6 Å². The second kappa shape index (κ2) is 7.08. The van der Waals surface area contributed by atoms with Gasteiger partial charge in [-0.3, -0.25) is 5.41 Å². The van der Waals surface area contributed by atoms with E-state index in [4.69, 9.17) is 10.1 Å². The van der Waals surface area contributed by atoms with Gasteiger partial charge in [0.1, 0.15) is 28.9 Å².